The lowest BCUT2D eigenvalue weighted by Gasteiger charge is -2.33. The highest BCUT2D eigenvalue weighted by Crippen LogP contribution is 2.11. The predicted octanol–water partition coefficient (Wildman–Crippen LogP) is 0.487. The van der Waals surface area contributed by atoms with Gasteiger partial charge in [0.1, 0.15) is 0 Å². The van der Waals surface area contributed by atoms with Crippen molar-refractivity contribution >= 4 is 5.96 Å². The molecule has 1 atom stereocenters. The second-order valence-corrected chi connectivity index (χ2v) is 6.27. The number of nitrogens with two attached hydrogens (primary N) is 1. The van der Waals surface area contributed by atoms with E-state index in [-0.39, 0.29) is 6.10 Å². The Morgan fingerprint density at radius 1 is 1.23 bits per heavy atom. The van der Waals surface area contributed by atoms with Gasteiger partial charge < -0.3 is 25.6 Å². The normalized spacial score (nSPS) is 24.8. The molecule has 0 saturated carbocycles. The van der Waals surface area contributed by atoms with Crippen LogP contribution in [-0.4, -0.2) is 80.8 Å². The lowest BCUT2D eigenvalue weighted by Crippen LogP contribution is -2.46. The lowest BCUT2D eigenvalue weighted by atomic mass is 10.2. The van der Waals surface area contributed by atoms with Crippen LogP contribution < -0.4 is 11.1 Å². The van der Waals surface area contributed by atoms with Crippen molar-refractivity contribution in [2.75, 3.05) is 59.0 Å². The van der Waals surface area contributed by atoms with Crippen LogP contribution in [0.25, 0.3) is 0 Å². The van der Waals surface area contributed by atoms with E-state index in [0.717, 1.165) is 32.4 Å². The molecular weight excluding hydrogens is 278 g/mol. The molecule has 2 aliphatic heterocycles. The van der Waals surface area contributed by atoms with Crippen molar-refractivity contribution in [3.63, 3.8) is 0 Å². The molecule has 0 aliphatic carbocycles. The first-order chi connectivity index (χ1) is 10.8. The molecule has 0 bridgehead atoms. The summed E-state index contributed by atoms with van der Waals surface area (Å²) in [5, 5.41) is 3.21. The van der Waals surface area contributed by atoms with Gasteiger partial charge in [0.2, 0.25) is 0 Å². The molecule has 0 spiro atoms. The van der Waals surface area contributed by atoms with E-state index in [9.17, 15) is 0 Å². The summed E-state index contributed by atoms with van der Waals surface area (Å²) in [6.07, 6.45) is 4.91. The summed E-state index contributed by atoms with van der Waals surface area (Å²) < 4.78 is 5.53. The van der Waals surface area contributed by atoms with Crippen molar-refractivity contribution in [2.45, 2.75) is 38.7 Å². The molecule has 3 N–H and O–H groups in total. The first-order valence-corrected chi connectivity index (χ1v) is 8.88. The number of nitrogens with one attached hydrogen (secondary N) is 1. The topological polar surface area (TPSA) is 66.1 Å². The minimum absolute atomic E-state index is 0.280. The van der Waals surface area contributed by atoms with Gasteiger partial charge in [-0.25, -0.2) is 0 Å². The predicted molar refractivity (Wildman–Crippen MR) is 91.3 cm³/mol. The Morgan fingerprint density at radius 2 is 2.00 bits per heavy atom. The minimum Gasteiger partial charge on any atom is -0.376 e. The van der Waals surface area contributed by atoms with Crippen LogP contribution in [0.5, 0.6) is 0 Å². The van der Waals surface area contributed by atoms with Gasteiger partial charge >= 0.3 is 0 Å². The number of guanidine groups is 1. The van der Waals surface area contributed by atoms with Gasteiger partial charge in [-0.05, 0) is 38.8 Å². The molecule has 2 rings (SSSR count). The molecule has 0 radical (unpaired) electrons. The van der Waals surface area contributed by atoms with Crippen LogP contribution in [0.2, 0.25) is 0 Å². The maximum absolute atomic E-state index is 5.87. The van der Waals surface area contributed by atoms with Gasteiger partial charge in [-0.3, -0.25) is 4.99 Å². The highest BCUT2D eigenvalue weighted by Gasteiger charge is 2.15. The fourth-order valence-electron chi connectivity index (χ4n) is 3.05. The van der Waals surface area contributed by atoms with Gasteiger partial charge in [-0.15, -0.1) is 0 Å². The van der Waals surface area contributed by atoms with Crippen LogP contribution in [0.4, 0.5) is 0 Å². The smallest absolute Gasteiger partial charge is 0.188 e. The first-order valence-electron chi connectivity index (χ1n) is 8.88. The molecule has 6 nitrogen and oxygen atoms in total. The van der Waals surface area contributed by atoms with E-state index in [4.69, 9.17) is 10.5 Å². The van der Waals surface area contributed by atoms with Gasteiger partial charge in [0.25, 0.3) is 0 Å². The third-order valence-electron chi connectivity index (χ3n) is 4.61. The van der Waals surface area contributed by atoms with Crippen LogP contribution in [0.3, 0.4) is 0 Å². The standard InChI is InChI=1S/C16H33N5O/c1-2-20-9-11-21(12-10-20)8-4-3-7-18-16(17)19-14-15-6-5-13-22-15/h15H,2-14H2,1H3,(H3,17,18,19). The maximum Gasteiger partial charge on any atom is 0.188 e. The van der Waals surface area contributed by atoms with Crippen LogP contribution in [-0.2, 0) is 4.74 Å². The van der Waals surface area contributed by atoms with E-state index in [0.29, 0.717) is 12.5 Å². The number of aliphatic imine (C=N–C) groups is 1. The molecule has 0 amide bonds. The largest absolute Gasteiger partial charge is 0.376 e. The van der Waals surface area contributed by atoms with Gasteiger partial charge in [-0.1, -0.05) is 6.92 Å². The number of hydrogen-bond acceptors (Lipinski definition) is 4. The van der Waals surface area contributed by atoms with Crippen molar-refractivity contribution in [1.82, 2.24) is 15.1 Å². The second kappa shape index (κ2) is 10.0. The summed E-state index contributed by atoms with van der Waals surface area (Å²) in [7, 11) is 0. The monoisotopic (exact) mass is 311 g/mol. The third kappa shape index (κ3) is 6.50. The van der Waals surface area contributed by atoms with Crippen molar-refractivity contribution in [3.05, 3.63) is 0 Å². The van der Waals surface area contributed by atoms with E-state index in [2.05, 4.69) is 27.0 Å². The molecule has 0 aromatic heterocycles. The van der Waals surface area contributed by atoms with Crippen LogP contribution >= 0.6 is 0 Å². The summed E-state index contributed by atoms with van der Waals surface area (Å²) in [4.78, 5) is 9.44. The number of likely N-dealkylation sites (N-methyl/N-ethyl adjacent to an activating group) is 1. The van der Waals surface area contributed by atoms with Crippen molar-refractivity contribution in [1.29, 1.82) is 0 Å². The summed E-state index contributed by atoms with van der Waals surface area (Å²) >= 11 is 0. The number of ether oxygens (including phenoxy) is 1. The molecule has 2 saturated heterocycles. The van der Waals surface area contributed by atoms with E-state index in [1.54, 1.807) is 0 Å². The minimum atomic E-state index is 0.280. The Hall–Kier alpha value is -0.850. The van der Waals surface area contributed by atoms with Crippen LogP contribution in [0, 0.1) is 0 Å². The summed E-state index contributed by atoms with van der Waals surface area (Å²) in [5.74, 6) is 0.562. The van der Waals surface area contributed by atoms with Gasteiger partial charge in [-0.2, -0.15) is 0 Å². The van der Waals surface area contributed by atoms with E-state index in [1.165, 1.54) is 45.7 Å². The fourth-order valence-corrected chi connectivity index (χ4v) is 3.05. The maximum atomic E-state index is 5.87. The van der Waals surface area contributed by atoms with Gasteiger partial charge in [0.15, 0.2) is 5.96 Å². The highest BCUT2D eigenvalue weighted by atomic mass is 16.5. The Balaban J connectivity index is 1.46. The summed E-state index contributed by atoms with van der Waals surface area (Å²) in [6, 6.07) is 0. The lowest BCUT2D eigenvalue weighted by molar-refractivity contribution is 0.117. The molecular formula is C16H33N5O. The van der Waals surface area contributed by atoms with Gasteiger partial charge in [0.05, 0.1) is 12.6 Å². The Bertz CT molecular complexity index is 322. The molecule has 128 valence electrons. The number of rotatable bonds is 8. The average Bonchev–Trinajstić information content (AvgIpc) is 3.06. The molecule has 0 aromatic carbocycles. The van der Waals surface area contributed by atoms with E-state index in [1.807, 2.05) is 0 Å². The Kier molecular flexibility index (Phi) is 7.98. The average molecular weight is 311 g/mol. The van der Waals surface area contributed by atoms with Crippen molar-refractivity contribution in [2.24, 2.45) is 10.7 Å². The second-order valence-electron chi connectivity index (χ2n) is 6.27. The SMILES string of the molecule is CCN1CCN(CCCCNC(N)=NCC2CCCO2)CC1. The quantitative estimate of drug-likeness (QED) is 0.388. The zero-order chi connectivity index (χ0) is 15.6. The molecule has 6 heteroatoms. The molecule has 2 aliphatic rings. The summed E-state index contributed by atoms with van der Waals surface area (Å²) in [5.41, 5.74) is 5.87. The van der Waals surface area contributed by atoms with Crippen molar-refractivity contribution < 1.29 is 4.74 Å². The molecule has 0 aromatic rings. The van der Waals surface area contributed by atoms with E-state index < -0.39 is 0 Å². The first kappa shape index (κ1) is 17.5. The van der Waals surface area contributed by atoms with Crippen molar-refractivity contribution in [3.8, 4) is 0 Å². The Morgan fingerprint density at radius 3 is 2.68 bits per heavy atom. The molecule has 1 unspecified atom stereocenters. The van der Waals surface area contributed by atoms with Crippen LogP contribution in [0.1, 0.15) is 32.6 Å². The number of unbranched alkanes of at least 4 members (excludes halogenated alkanes) is 1. The summed E-state index contributed by atoms with van der Waals surface area (Å²) in [6.45, 7) is 12.0. The third-order valence-corrected chi connectivity index (χ3v) is 4.61. The molecule has 2 heterocycles. The Labute approximate surface area is 135 Å². The van der Waals surface area contributed by atoms with Crippen LogP contribution in [0.15, 0.2) is 4.99 Å². The van der Waals surface area contributed by atoms with Gasteiger partial charge in [0, 0.05) is 39.3 Å². The zero-order valence-electron chi connectivity index (χ0n) is 14.1. The fraction of sp³-hybridized carbons (Fsp3) is 0.938. The number of piperazine rings is 1. The van der Waals surface area contributed by atoms with E-state index >= 15 is 0 Å². The highest BCUT2D eigenvalue weighted by molar-refractivity contribution is 5.77. The zero-order valence-corrected chi connectivity index (χ0v) is 14.1. The molecule has 22 heavy (non-hydrogen) atoms. The number of hydrogen-bond donors (Lipinski definition) is 2. The molecule has 2 fully saturated rings. The number of nitrogens with zero attached hydrogens (tertiary/aromatic N) is 3.